The molecule has 134 valence electrons. The Hall–Kier alpha value is -2.39. The third kappa shape index (κ3) is 5.57. The molecule has 0 spiro atoms. The molecule has 2 aromatic rings. The number of hydrogen-bond acceptors (Lipinski definition) is 6. The van der Waals surface area contributed by atoms with Gasteiger partial charge in [-0.05, 0) is 45.0 Å². The molecule has 0 bridgehead atoms. The van der Waals surface area contributed by atoms with E-state index in [0.717, 1.165) is 0 Å². The predicted molar refractivity (Wildman–Crippen MR) is 94.1 cm³/mol. The van der Waals surface area contributed by atoms with Crippen molar-refractivity contribution in [2.75, 3.05) is 10.0 Å². The fraction of sp³-hybridized carbons (Fsp3) is 0.267. The van der Waals surface area contributed by atoms with E-state index in [1.54, 1.807) is 20.8 Å². The van der Waals surface area contributed by atoms with Gasteiger partial charge in [0.1, 0.15) is 5.60 Å². The maximum Gasteiger partial charge on any atom is 0.412 e. The first-order valence-electron chi connectivity index (χ1n) is 7.16. The highest BCUT2D eigenvalue weighted by Crippen LogP contribution is 2.21. The molecule has 2 rings (SSSR count). The first-order valence-corrected chi connectivity index (χ1v) is 9.02. The van der Waals surface area contributed by atoms with E-state index < -0.39 is 21.7 Å². The summed E-state index contributed by atoms with van der Waals surface area (Å²) in [7, 11) is -3.89. The smallest absolute Gasteiger partial charge is 0.412 e. The molecule has 0 radical (unpaired) electrons. The fourth-order valence-electron chi connectivity index (χ4n) is 1.71. The van der Waals surface area contributed by atoms with E-state index >= 15 is 0 Å². The standard InChI is InChI=1S/C15H17ClN4O4S/c1-15(2,3)24-14(21)19-10-4-6-11(7-5-10)25(22,23)20-13-12(16)17-8-9-18-13/h4-9H,1-3H3,(H,18,20)(H,19,21). The number of sulfonamides is 1. The Labute approximate surface area is 150 Å². The van der Waals surface area contributed by atoms with Crippen molar-refractivity contribution in [3.8, 4) is 0 Å². The second-order valence-electron chi connectivity index (χ2n) is 5.95. The lowest BCUT2D eigenvalue weighted by atomic mass is 10.2. The summed E-state index contributed by atoms with van der Waals surface area (Å²) < 4.78 is 32.0. The van der Waals surface area contributed by atoms with Gasteiger partial charge in [-0.2, -0.15) is 0 Å². The number of aromatic nitrogens is 2. The van der Waals surface area contributed by atoms with E-state index in [4.69, 9.17) is 16.3 Å². The molecule has 0 atom stereocenters. The number of rotatable bonds is 4. The molecule has 0 saturated carbocycles. The second kappa shape index (κ2) is 7.24. The molecule has 1 amide bonds. The van der Waals surface area contributed by atoms with E-state index in [-0.39, 0.29) is 15.9 Å². The van der Waals surface area contributed by atoms with Crippen molar-refractivity contribution in [2.24, 2.45) is 0 Å². The van der Waals surface area contributed by atoms with E-state index in [0.29, 0.717) is 5.69 Å². The van der Waals surface area contributed by atoms with Crippen LogP contribution in [0.15, 0.2) is 41.6 Å². The SMILES string of the molecule is CC(C)(C)OC(=O)Nc1ccc(S(=O)(=O)Nc2nccnc2Cl)cc1. The van der Waals surface area contributed by atoms with Gasteiger partial charge in [-0.15, -0.1) is 0 Å². The molecular formula is C15H17ClN4O4S. The van der Waals surface area contributed by atoms with Crippen LogP contribution in [0, 0.1) is 0 Å². The third-order valence-corrected chi connectivity index (χ3v) is 4.33. The van der Waals surface area contributed by atoms with E-state index in [1.165, 1.54) is 36.7 Å². The quantitative estimate of drug-likeness (QED) is 0.836. The fourth-order valence-corrected chi connectivity index (χ4v) is 2.94. The van der Waals surface area contributed by atoms with Gasteiger partial charge < -0.3 is 4.74 Å². The molecule has 1 aromatic carbocycles. The van der Waals surface area contributed by atoms with Crippen molar-refractivity contribution in [3.63, 3.8) is 0 Å². The van der Waals surface area contributed by atoms with Gasteiger partial charge in [0, 0.05) is 18.1 Å². The van der Waals surface area contributed by atoms with Crippen LogP contribution in [0.25, 0.3) is 0 Å². The molecule has 0 fully saturated rings. The Bertz CT molecular complexity index is 864. The number of nitrogens with one attached hydrogen (secondary N) is 2. The summed E-state index contributed by atoms with van der Waals surface area (Å²) in [6, 6.07) is 5.55. The minimum absolute atomic E-state index is 0.0241. The summed E-state index contributed by atoms with van der Waals surface area (Å²) in [5.74, 6) is -0.0693. The van der Waals surface area contributed by atoms with Gasteiger partial charge in [-0.3, -0.25) is 10.0 Å². The summed E-state index contributed by atoms with van der Waals surface area (Å²) in [6.07, 6.45) is 2.03. The molecule has 0 unspecified atom stereocenters. The van der Waals surface area contributed by atoms with Crippen molar-refractivity contribution in [1.29, 1.82) is 0 Å². The van der Waals surface area contributed by atoms with E-state index in [9.17, 15) is 13.2 Å². The van der Waals surface area contributed by atoms with E-state index in [1.807, 2.05) is 0 Å². The molecule has 0 aliphatic rings. The lowest BCUT2D eigenvalue weighted by Gasteiger charge is -2.19. The number of hydrogen-bond donors (Lipinski definition) is 2. The number of anilines is 2. The molecule has 1 heterocycles. The minimum atomic E-state index is -3.89. The van der Waals surface area contributed by atoms with Crippen molar-refractivity contribution in [3.05, 3.63) is 41.8 Å². The van der Waals surface area contributed by atoms with Crippen molar-refractivity contribution in [2.45, 2.75) is 31.3 Å². The normalized spacial score (nSPS) is 11.7. The van der Waals surface area contributed by atoms with Gasteiger partial charge in [0.05, 0.1) is 4.90 Å². The van der Waals surface area contributed by atoms with Crippen LogP contribution in [0.1, 0.15) is 20.8 Å². The Morgan fingerprint density at radius 3 is 2.28 bits per heavy atom. The monoisotopic (exact) mass is 384 g/mol. The van der Waals surface area contributed by atoms with Crippen LogP contribution in [0.5, 0.6) is 0 Å². The Balaban J connectivity index is 2.11. The number of amides is 1. The molecule has 8 nitrogen and oxygen atoms in total. The number of carbonyl (C=O) groups is 1. The number of carbonyl (C=O) groups excluding carboxylic acids is 1. The Morgan fingerprint density at radius 1 is 1.12 bits per heavy atom. The topological polar surface area (TPSA) is 110 Å². The average molecular weight is 385 g/mol. The van der Waals surface area contributed by atoms with Gasteiger partial charge in [0.15, 0.2) is 11.0 Å². The highest BCUT2D eigenvalue weighted by atomic mass is 35.5. The van der Waals surface area contributed by atoms with Crippen molar-refractivity contribution >= 4 is 39.2 Å². The van der Waals surface area contributed by atoms with Crippen LogP contribution >= 0.6 is 11.6 Å². The van der Waals surface area contributed by atoms with Crippen LogP contribution < -0.4 is 10.0 Å². The van der Waals surface area contributed by atoms with Crippen LogP contribution in [-0.2, 0) is 14.8 Å². The average Bonchev–Trinajstić information content (AvgIpc) is 2.48. The van der Waals surface area contributed by atoms with E-state index in [2.05, 4.69) is 20.0 Å². The molecule has 0 aliphatic carbocycles. The lowest BCUT2D eigenvalue weighted by Crippen LogP contribution is -2.27. The third-order valence-electron chi connectivity index (χ3n) is 2.69. The minimum Gasteiger partial charge on any atom is -0.444 e. The maximum atomic E-state index is 12.3. The van der Waals surface area contributed by atoms with Gasteiger partial charge in [-0.25, -0.2) is 23.2 Å². The number of halogens is 1. The Kier molecular flexibility index (Phi) is 5.48. The van der Waals surface area contributed by atoms with Crippen LogP contribution in [-0.4, -0.2) is 30.1 Å². The number of benzene rings is 1. The highest BCUT2D eigenvalue weighted by molar-refractivity contribution is 7.92. The second-order valence-corrected chi connectivity index (χ2v) is 7.99. The zero-order valence-corrected chi connectivity index (χ0v) is 15.4. The first kappa shape index (κ1) is 18.9. The predicted octanol–water partition coefficient (Wildman–Crippen LogP) is 3.28. The van der Waals surface area contributed by atoms with Gasteiger partial charge in [0.2, 0.25) is 0 Å². The van der Waals surface area contributed by atoms with Gasteiger partial charge in [-0.1, -0.05) is 11.6 Å². The molecule has 10 heteroatoms. The summed E-state index contributed by atoms with van der Waals surface area (Å²) in [4.78, 5) is 19.2. The molecule has 2 N–H and O–H groups in total. The first-order chi connectivity index (χ1) is 11.6. The van der Waals surface area contributed by atoms with Crippen molar-refractivity contribution < 1.29 is 17.9 Å². The van der Waals surface area contributed by atoms with Crippen LogP contribution in [0.3, 0.4) is 0 Å². The zero-order chi connectivity index (χ0) is 18.7. The molecule has 1 aromatic heterocycles. The summed E-state index contributed by atoms with van der Waals surface area (Å²) >= 11 is 5.79. The number of nitrogens with zero attached hydrogens (tertiary/aromatic N) is 2. The summed E-state index contributed by atoms with van der Waals surface area (Å²) in [5, 5.41) is 2.46. The summed E-state index contributed by atoms with van der Waals surface area (Å²) in [5.41, 5.74) is -0.237. The van der Waals surface area contributed by atoms with Crippen molar-refractivity contribution in [1.82, 2.24) is 9.97 Å². The molecule has 25 heavy (non-hydrogen) atoms. The molecule has 0 saturated heterocycles. The van der Waals surface area contributed by atoms with Crippen LogP contribution in [0.2, 0.25) is 5.15 Å². The lowest BCUT2D eigenvalue weighted by molar-refractivity contribution is 0.0636. The maximum absolute atomic E-state index is 12.3. The van der Waals surface area contributed by atoms with Gasteiger partial charge >= 0.3 is 6.09 Å². The zero-order valence-electron chi connectivity index (χ0n) is 13.8. The largest absolute Gasteiger partial charge is 0.444 e. The number of ether oxygens (including phenoxy) is 1. The molecular weight excluding hydrogens is 368 g/mol. The highest BCUT2D eigenvalue weighted by Gasteiger charge is 2.18. The van der Waals surface area contributed by atoms with Crippen LogP contribution in [0.4, 0.5) is 16.3 Å². The molecule has 0 aliphatic heterocycles. The summed E-state index contributed by atoms with van der Waals surface area (Å²) in [6.45, 7) is 5.22. The Morgan fingerprint density at radius 2 is 1.72 bits per heavy atom. The van der Waals surface area contributed by atoms with Gasteiger partial charge in [0.25, 0.3) is 10.0 Å².